The minimum atomic E-state index is 0.521. The Labute approximate surface area is 118 Å². The number of nitrogens with one attached hydrogen (secondary N) is 1. The number of rotatable bonds is 4. The Bertz CT molecular complexity index is 621. The molecule has 0 amide bonds. The van der Waals surface area contributed by atoms with E-state index < -0.39 is 0 Å². The number of ether oxygens (including phenoxy) is 1. The van der Waals surface area contributed by atoms with Crippen LogP contribution in [-0.4, -0.2) is 29.1 Å². The third-order valence-corrected chi connectivity index (χ3v) is 3.56. The largest absolute Gasteiger partial charge is 0.481 e. The number of hydrogen-bond acceptors (Lipinski definition) is 5. The van der Waals surface area contributed by atoms with Gasteiger partial charge in [-0.3, -0.25) is 0 Å². The molecule has 1 N–H and O–H groups in total. The van der Waals surface area contributed by atoms with Gasteiger partial charge in [0.05, 0.1) is 12.8 Å². The van der Waals surface area contributed by atoms with Crippen molar-refractivity contribution in [2.45, 2.75) is 25.7 Å². The van der Waals surface area contributed by atoms with Crippen LogP contribution in [0.25, 0.3) is 11.3 Å². The minimum absolute atomic E-state index is 0.521. The van der Waals surface area contributed by atoms with Gasteiger partial charge in [-0.1, -0.05) is 0 Å². The van der Waals surface area contributed by atoms with Crippen LogP contribution in [0.2, 0.25) is 0 Å². The molecule has 1 aliphatic rings. The maximum absolute atomic E-state index is 5.10. The van der Waals surface area contributed by atoms with Gasteiger partial charge >= 0.3 is 0 Å². The van der Waals surface area contributed by atoms with Crippen LogP contribution in [0.4, 0.5) is 5.82 Å². The molecular weight excluding hydrogens is 252 g/mol. The topological polar surface area (TPSA) is 59.9 Å². The van der Waals surface area contributed by atoms with Gasteiger partial charge in [0.2, 0.25) is 5.88 Å². The van der Waals surface area contributed by atoms with Gasteiger partial charge in [-0.2, -0.15) is 0 Å². The van der Waals surface area contributed by atoms with E-state index in [-0.39, 0.29) is 0 Å². The number of anilines is 1. The Kier molecular flexibility index (Phi) is 3.26. The van der Waals surface area contributed by atoms with Gasteiger partial charge in [0.25, 0.3) is 0 Å². The Morgan fingerprint density at radius 1 is 1.25 bits per heavy atom. The van der Waals surface area contributed by atoms with Crippen LogP contribution < -0.4 is 10.1 Å². The molecule has 2 aromatic rings. The van der Waals surface area contributed by atoms with Crippen molar-refractivity contribution in [3.8, 4) is 17.1 Å². The second-order valence-corrected chi connectivity index (χ2v) is 5.02. The molecule has 0 saturated heterocycles. The molecule has 3 rings (SSSR count). The average molecular weight is 270 g/mol. The summed E-state index contributed by atoms with van der Waals surface area (Å²) in [6, 6.07) is 3.84. The summed E-state index contributed by atoms with van der Waals surface area (Å²) in [5, 5.41) is 3.15. The van der Waals surface area contributed by atoms with Crippen molar-refractivity contribution >= 4 is 5.82 Å². The standard InChI is InChI=1S/C15H18N4O/c1-9-13(11-6-7-12(20-3)17-8-11)18-15(10-4-5-10)19-14(9)16-2/h6-8,10H,4-5H2,1-3H3,(H,16,18,19). The van der Waals surface area contributed by atoms with Gasteiger partial charge < -0.3 is 10.1 Å². The van der Waals surface area contributed by atoms with E-state index in [1.807, 2.05) is 26.1 Å². The lowest BCUT2D eigenvalue weighted by Gasteiger charge is -2.12. The molecule has 0 aromatic carbocycles. The lowest BCUT2D eigenvalue weighted by Crippen LogP contribution is -2.04. The molecule has 20 heavy (non-hydrogen) atoms. The zero-order chi connectivity index (χ0) is 14.1. The lowest BCUT2D eigenvalue weighted by molar-refractivity contribution is 0.398. The van der Waals surface area contributed by atoms with Gasteiger partial charge in [0, 0.05) is 36.4 Å². The molecule has 0 atom stereocenters. The highest BCUT2D eigenvalue weighted by atomic mass is 16.5. The van der Waals surface area contributed by atoms with E-state index in [2.05, 4.69) is 15.3 Å². The molecule has 0 unspecified atom stereocenters. The van der Waals surface area contributed by atoms with E-state index in [9.17, 15) is 0 Å². The lowest BCUT2D eigenvalue weighted by atomic mass is 10.1. The highest BCUT2D eigenvalue weighted by Gasteiger charge is 2.28. The van der Waals surface area contributed by atoms with Crippen LogP contribution in [0.1, 0.15) is 30.1 Å². The van der Waals surface area contributed by atoms with Crippen LogP contribution in [-0.2, 0) is 0 Å². The Morgan fingerprint density at radius 2 is 2.05 bits per heavy atom. The molecule has 104 valence electrons. The summed E-state index contributed by atoms with van der Waals surface area (Å²) >= 11 is 0. The molecule has 1 fully saturated rings. The number of nitrogens with zero attached hydrogens (tertiary/aromatic N) is 3. The third kappa shape index (κ3) is 2.31. The fraction of sp³-hybridized carbons (Fsp3) is 0.400. The zero-order valence-electron chi connectivity index (χ0n) is 12.0. The molecule has 0 spiro atoms. The minimum Gasteiger partial charge on any atom is -0.481 e. The first-order valence-electron chi connectivity index (χ1n) is 6.79. The molecule has 1 saturated carbocycles. The van der Waals surface area contributed by atoms with Gasteiger partial charge in [0.15, 0.2) is 0 Å². The van der Waals surface area contributed by atoms with E-state index in [4.69, 9.17) is 9.72 Å². The van der Waals surface area contributed by atoms with Crippen LogP contribution in [0.5, 0.6) is 5.88 Å². The van der Waals surface area contributed by atoms with E-state index >= 15 is 0 Å². The Hall–Kier alpha value is -2.17. The predicted molar refractivity (Wildman–Crippen MR) is 78.1 cm³/mol. The molecule has 0 bridgehead atoms. The summed E-state index contributed by atoms with van der Waals surface area (Å²) in [5.74, 6) is 2.96. The van der Waals surface area contributed by atoms with E-state index in [0.717, 1.165) is 28.5 Å². The normalized spacial score (nSPS) is 14.2. The van der Waals surface area contributed by atoms with Crippen molar-refractivity contribution in [2.75, 3.05) is 19.5 Å². The van der Waals surface area contributed by atoms with Crippen molar-refractivity contribution in [3.05, 3.63) is 29.7 Å². The summed E-state index contributed by atoms with van der Waals surface area (Å²) in [4.78, 5) is 13.6. The van der Waals surface area contributed by atoms with Crippen molar-refractivity contribution in [3.63, 3.8) is 0 Å². The van der Waals surface area contributed by atoms with Crippen molar-refractivity contribution in [1.82, 2.24) is 15.0 Å². The fourth-order valence-electron chi connectivity index (χ4n) is 2.22. The highest BCUT2D eigenvalue weighted by molar-refractivity contribution is 5.67. The van der Waals surface area contributed by atoms with Crippen molar-refractivity contribution in [2.24, 2.45) is 0 Å². The SMILES string of the molecule is CNc1nc(C2CC2)nc(-c2ccc(OC)nc2)c1C. The van der Waals surface area contributed by atoms with E-state index in [1.165, 1.54) is 12.8 Å². The summed E-state index contributed by atoms with van der Waals surface area (Å²) in [5.41, 5.74) is 2.98. The predicted octanol–water partition coefficient (Wildman–Crippen LogP) is 2.77. The monoisotopic (exact) mass is 270 g/mol. The van der Waals surface area contributed by atoms with E-state index in [1.54, 1.807) is 13.3 Å². The molecule has 0 aliphatic heterocycles. The molecule has 2 heterocycles. The molecule has 2 aromatic heterocycles. The number of methoxy groups -OCH3 is 1. The molecule has 1 aliphatic carbocycles. The maximum Gasteiger partial charge on any atom is 0.212 e. The third-order valence-electron chi connectivity index (χ3n) is 3.56. The first-order valence-corrected chi connectivity index (χ1v) is 6.79. The molecular formula is C15H18N4O. The van der Waals surface area contributed by atoms with E-state index in [0.29, 0.717) is 11.8 Å². The quantitative estimate of drug-likeness (QED) is 0.925. The van der Waals surface area contributed by atoms with Gasteiger partial charge in [0.1, 0.15) is 11.6 Å². The fourth-order valence-corrected chi connectivity index (χ4v) is 2.22. The van der Waals surface area contributed by atoms with Crippen LogP contribution in [0.15, 0.2) is 18.3 Å². The van der Waals surface area contributed by atoms with Gasteiger partial charge in [-0.15, -0.1) is 0 Å². The summed E-state index contributed by atoms with van der Waals surface area (Å²) in [6.45, 7) is 2.03. The smallest absolute Gasteiger partial charge is 0.212 e. The highest BCUT2D eigenvalue weighted by Crippen LogP contribution is 2.40. The first kappa shape index (κ1) is 12.8. The van der Waals surface area contributed by atoms with Crippen molar-refractivity contribution in [1.29, 1.82) is 0 Å². The number of aromatic nitrogens is 3. The van der Waals surface area contributed by atoms with Crippen LogP contribution in [0.3, 0.4) is 0 Å². The van der Waals surface area contributed by atoms with Gasteiger partial charge in [-0.05, 0) is 25.8 Å². The number of pyridine rings is 1. The second-order valence-electron chi connectivity index (χ2n) is 5.02. The van der Waals surface area contributed by atoms with Crippen molar-refractivity contribution < 1.29 is 4.74 Å². The first-order chi connectivity index (χ1) is 9.72. The maximum atomic E-state index is 5.10. The van der Waals surface area contributed by atoms with Crippen LogP contribution >= 0.6 is 0 Å². The second kappa shape index (κ2) is 5.07. The van der Waals surface area contributed by atoms with Crippen LogP contribution in [0, 0.1) is 6.92 Å². The molecule has 5 nitrogen and oxygen atoms in total. The number of hydrogen-bond donors (Lipinski definition) is 1. The summed E-state index contributed by atoms with van der Waals surface area (Å²) in [7, 11) is 3.50. The zero-order valence-corrected chi connectivity index (χ0v) is 12.0. The molecule has 5 heteroatoms. The average Bonchev–Trinajstić information content (AvgIpc) is 3.32. The molecule has 0 radical (unpaired) electrons. The summed E-state index contributed by atoms with van der Waals surface area (Å²) in [6.07, 6.45) is 4.17. The summed E-state index contributed by atoms with van der Waals surface area (Å²) < 4.78 is 5.10. The Balaban J connectivity index is 2.07. The van der Waals surface area contributed by atoms with Gasteiger partial charge in [-0.25, -0.2) is 15.0 Å². The Morgan fingerprint density at radius 3 is 2.60 bits per heavy atom.